The van der Waals surface area contributed by atoms with Crippen LogP contribution in [0.25, 0.3) is 11.5 Å². The lowest BCUT2D eigenvalue weighted by atomic mass is 10.1. The van der Waals surface area contributed by atoms with Crippen molar-refractivity contribution in [2.75, 3.05) is 12.4 Å². The van der Waals surface area contributed by atoms with E-state index in [9.17, 15) is 9.59 Å². The molecule has 0 unspecified atom stereocenters. The van der Waals surface area contributed by atoms with Gasteiger partial charge in [-0.2, -0.15) is 0 Å². The number of carbonyl (C=O) groups excluding carboxylic acids is 2. The van der Waals surface area contributed by atoms with Gasteiger partial charge in [-0.05, 0) is 44.5 Å². The SMILES string of the molecule is CCOC(=O)c1[nH]c(C)c(C(=O)CSc2nnc(-c3cccc(Cl)c3)o2)c1C. The fraction of sp³-hybridized carbons (Fsp3) is 0.263. The predicted octanol–water partition coefficient (Wildman–Crippen LogP) is 4.49. The van der Waals surface area contributed by atoms with Crippen molar-refractivity contribution in [3.8, 4) is 11.5 Å². The molecule has 1 N–H and O–H groups in total. The second kappa shape index (κ2) is 8.62. The third kappa shape index (κ3) is 4.28. The van der Waals surface area contributed by atoms with E-state index in [1.165, 1.54) is 0 Å². The summed E-state index contributed by atoms with van der Waals surface area (Å²) in [5, 5.41) is 8.79. The van der Waals surface area contributed by atoms with E-state index in [2.05, 4.69) is 15.2 Å². The summed E-state index contributed by atoms with van der Waals surface area (Å²) in [6, 6.07) is 7.07. The number of benzene rings is 1. The maximum atomic E-state index is 12.7. The minimum absolute atomic E-state index is 0.0962. The van der Waals surface area contributed by atoms with Crippen LogP contribution >= 0.6 is 23.4 Å². The molecule has 2 aromatic heterocycles. The van der Waals surface area contributed by atoms with Crippen molar-refractivity contribution in [2.24, 2.45) is 0 Å². The number of nitrogens with zero attached hydrogens (tertiary/aromatic N) is 2. The highest BCUT2D eigenvalue weighted by Crippen LogP contribution is 2.27. The molecule has 3 rings (SSSR count). The monoisotopic (exact) mass is 419 g/mol. The largest absolute Gasteiger partial charge is 0.461 e. The Morgan fingerprint density at radius 1 is 1.29 bits per heavy atom. The number of nitrogens with one attached hydrogen (secondary N) is 1. The molecule has 0 saturated heterocycles. The van der Waals surface area contributed by atoms with Gasteiger partial charge in [-0.1, -0.05) is 29.4 Å². The van der Waals surface area contributed by atoms with Gasteiger partial charge in [-0.25, -0.2) is 4.79 Å². The second-order valence-corrected chi connectivity index (χ2v) is 7.30. The number of hydrogen-bond donors (Lipinski definition) is 1. The first kappa shape index (κ1) is 20.2. The first-order valence-electron chi connectivity index (χ1n) is 8.52. The number of ether oxygens (including phenoxy) is 1. The number of aromatic nitrogens is 3. The first-order chi connectivity index (χ1) is 13.4. The molecule has 0 fully saturated rings. The molecule has 9 heteroatoms. The highest BCUT2D eigenvalue weighted by molar-refractivity contribution is 7.99. The summed E-state index contributed by atoms with van der Waals surface area (Å²) < 4.78 is 10.6. The maximum Gasteiger partial charge on any atom is 0.355 e. The number of aryl methyl sites for hydroxylation is 1. The Morgan fingerprint density at radius 3 is 2.79 bits per heavy atom. The molecule has 0 aliphatic rings. The number of halogens is 1. The molecular formula is C19H18ClN3O4S. The van der Waals surface area contributed by atoms with Crippen molar-refractivity contribution in [3.05, 3.63) is 51.8 Å². The van der Waals surface area contributed by atoms with Gasteiger partial charge < -0.3 is 14.1 Å². The second-order valence-electron chi connectivity index (χ2n) is 5.94. The van der Waals surface area contributed by atoms with E-state index in [1.54, 1.807) is 39.0 Å². The molecular weight excluding hydrogens is 402 g/mol. The molecule has 28 heavy (non-hydrogen) atoms. The molecule has 0 atom stereocenters. The van der Waals surface area contributed by atoms with Gasteiger partial charge in [-0.15, -0.1) is 10.2 Å². The van der Waals surface area contributed by atoms with Crippen LogP contribution in [-0.2, 0) is 4.74 Å². The van der Waals surface area contributed by atoms with Gasteiger partial charge in [0.15, 0.2) is 5.78 Å². The smallest absolute Gasteiger partial charge is 0.355 e. The number of H-pyrrole nitrogens is 1. The number of rotatable bonds is 7. The summed E-state index contributed by atoms with van der Waals surface area (Å²) in [4.78, 5) is 27.6. The Hall–Kier alpha value is -2.58. The van der Waals surface area contributed by atoms with Crippen LogP contribution in [0.2, 0.25) is 5.02 Å². The van der Waals surface area contributed by atoms with Crippen LogP contribution in [-0.4, -0.2) is 39.3 Å². The molecule has 0 saturated carbocycles. The Kier molecular flexibility index (Phi) is 6.21. The van der Waals surface area contributed by atoms with Crippen molar-refractivity contribution >= 4 is 35.1 Å². The fourth-order valence-corrected chi connectivity index (χ4v) is 3.61. The van der Waals surface area contributed by atoms with E-state index in [-0.39, 0.29) is 23.4 Å². The number of aromatic amines is 1. The van der Waals surface area contributed by atoms with E-state index in [0.717, 1.165) is 11.8 Å². The summed E-state index contributed by atoms with van der Waals surface area (Å²) in [6.07, 6.45) is 0. The summed E-state index contributed by atoms with van der Waals surface area (Å²) in [5.41, 5.74) is 2.68. The average Bonchev–Trinajstić information content (AvgIpc) is 3.24. The highest BCUT2D eigenvalue weighted by atomic mass is 35.5. The van der Waals surface area contributed by atoms with Gasteiger partial charge >= 0.3 is 5.97 Å². The standard InChI is InChI=1S/C19H18ClN3O4S/c1-4-26-18(25)16-10(2)15(11(3)21-16)14(24)9-28-19-23-22-17(27-19)12-6-5-7-13(20)8-12/h5-8,21H,4,9H2,1-3H3. The number of Topliss-reactive ketones (excluding diaryl/α,β-unsaturated/α-hetero) is 1. The zero-order valence-corrected chi connectivity index (χ0v) is 17.1. The molecule has 3 aromatic rings. The van der Waals surface area contributed by atoms with Crippen molar-refractivity contribution in [1.82, 2.24) is 15.2 Å². The number of hydrogen-bond acceptors (Lipinski definition) is 7. The van der Waals surface area contributed by atoms with Crippen molar-refractivity contribution in [1.29, 1.82) is 0 Å². The van der Waals surface area contributed by atoms with Gasteiger partial charge in [0.1, 0.15) is 5.69 Å². The summed E-state index contributed by atoms with van der Waals surface area (Å²) >= 11 is 7.11. The molecule has 0 spiro atoms. The minimum Gasteiger partial charge on any atom is -0.461 e. The van der Waals surface area contributed by atoms with E-state index < -0.39 is 5.97 Å². The van der Waals surface area contributed by atoms with Crippen LogP contribution < -0.4 is 0 Å². The van der Waals surface area contributed by atoms with Crippen molar-refractivity contribution < 1.29 is 18.7 Å². The quantitative estimate of drug-likeness (QED) is 0.342. The third-order valence-corrected chi connectivity index (χ3v) is 5.05. The van der Waals surface area contributed by atoms with Gasteiger partial charge in [-0.3, -0.25) is 4.79 Å². The van der Waals surface area contributed by atoms with Crippen LogP contribution in [0.4, 0.5) is 0 Å². The third-order valence-electron chi connectivity index (χ3n) is 4.00. The molecule has 146 valence electrons. The Balaban J connectivity index is 1.71. The van der Waals surface area contributed by atoms with Crippen LogP contribution in [0.5, 0.6) is 0 Å². The lowest BCUT2D eigenvalue weighted by molar-refractivity contribution is 0.0519. The molecule has 2 heterocycles. The van der Waals surface area contributed by atoms with Crippen molar-refractivity contribution in [3.63, 3.8) is 0 Å². The highest BCUT2D eigenvalue weighted by Gasteiger charge is 2.23. The van der Waals surface area contributed by atoms with Crippen molar-refractivity contribution in [2.45, 2.75) is 26.0 Å². The lowest BCUT2D eigenvalue weighted by Crippen LogP contribution is -2.08. The van der Waals surface area contributed by atoms with Gasteiger partial charge in [0, 0.05) is 21.8 Å². The Bertz CT molecular complexity index is 1030. The van der Waals surface area contributed by atoms with Crippen LogP contribution in [0.3, 0.4) is 0 Å². The first-order valence-corrected chi connectivity index (χ1v) is 9.88. The Labute approximate surface area is 170 Å². The van der Waals surface area contributed by atoms with Gasteiger partial charge in [0.25, 0.3) is 5.22 Å². The molecule has 0 radical (unpaired) electrons. The van der Waals surface area contributed by atoms with Gasteiger partial charge in [0.2, 0.25) is 5.89 Å². The molecule has 0 amide bonds. The summed E-state index contributed by atoms with van der Waals surface area (Å²) in [6.45, 7) is 5.46. The minimum atomic E-state index is -0.474. The van der Waals surface area contributed by atoms with Gasteiger partial charge in [0.05, 0.1) is 12.4 Å². The van der Waals surface area contributed by atoms with E-state index >= 15 is 0 Å². The van der Waals surface area contributed by atoms with E-state index in [0.29, 0.717) is 39.0 Å². The van der Waals surface area contributed by atoms with Crippen LogP contribution in [0.15, 0.2) is 33.9 Å². The number of esters is 1. The topological polar surface area (TPSA) is 98.1 Å². The molecule has 7 nitrogen and oxygen atoms in total. The lowest BCUT2D eigenvalue weighted by Gasteiger charge is -2.02. The summed E-state index contributed by atoms with van der Waals surface area (Å²) in [7, 11) is 0. The zero-order valence-electron chi connectivity index (χ0n) is 15.5. The normalized spacial score (nSPS) is 10.9. The van der Waals surface area contributed by atoms with Crippen LogP contribution in [0, 0.1) is 13.8 Å². The Morgan fingerprint density at radius 2 is 2.07 bits per heavy atom. The molecule has 0 aliphatic carbocycles. The predicted molar refractivity (Wildman–Crippen MR) is 106 cm³/mol. The average molecular weight is 420 g/mol. The van der Waals surface area contributed by atoms with E-state index in [4.69, 9.17) is 20.8 Å². The summed E-state index contributed by atoms with van der Waals surface area (Å²) in [5.74, 6) is -0.192. The molecule has 0 aliphatic heterocycles. The molecule has 1 aromatic carbocycles. The molecule has 0 bridgehead atoms. The van der Waals surface area contributed by atoms with E-state index in [1.807, 2.05) is 6.07 Å². The zero-order chi connectivity index (χ0) is 20.3. The number of thioether (sulfide) groups is 1. The van der Waals surface area contributed by atoms with Crippen LogP contribution in [0.1, 0.15) is 39.0 Å². The number of carbonyl (C=O) groups is 2. The fourth-order valence-electron chi connectivity index (χ4n) is 2.78. The number of ketones is 1. The maximum absolute atomic E-state index is 12.7.